The summed E-state index contributed by atoms with van der Waals surface area (Å²) in [6, 6.07) is 12.1. The Bertz CT molecular complexity index is 744. The normalized spacial score (nSPS) is 11.2. The second-order valence-electron chi connectivity index (χ2n) is 6.93. The van der Waals surface area contributed by atoms with E-state index in [9.17, 15) is 5.53 Å². The standard InChI is InChI=1S/C20H24N2/c1-13-12-17(20(4,5)6)18(15(3)14(13)2)19(22-21)16-10-8-7-9-11-16/h7-12H,1-6H3. The fourth-order valence-electron chi connectivity index (χ4n) is 2.83. The molecule has 0 unspecified atom stereocenters. The molecule has 0 bridgehead atoms. The fraction of sp³-hybridized carbons (Fsp3) is 0.350. The van der Waals surface area contributed by atoms with E-state index in [0.717, 1.165) is 11.1 Å². The van der Waals surface area contributed by atoms with E-state index in [1.54, 1.807) is 0 Å². The molecule has 0 atom stereocenters. The molecule has 2 rings (SSSR count). The van der Waals surface area contributed by atoms with Gasteiger partial charge in [-0.15, -0.1) is 0 Å². The van der Waals surface area contributed by atoms with Gasteiger partial charge in [0.05, 0.1) is 11.1 Å². The summed E-state index contributed by atoms with van der Waals surface area (Å²) in [5.41, 5.74) is 17.2. The van der Waals surface area contributed by atoms with Gasteiger partial charge in [0, 0.05) is 0 Å². The molecule has 0 radical (unpaired) electrons. The highest BCUT2D eigenvalue weighted by atomic mass is 14.9. The van der Waals surface area contributed by atoms with Gasteiger partial charge in [0.25, 0.3) is 0 Å². The monoisotopic (exact) mass is 292 g/mol. The molecule has 0 aliphatic heterocycles. The predicted octanol–water partition coefficient (Wildman–Crippen LogP) is 4.98. The molecule has 0 spiro atoms. The Hall–Kier alpha value is -2.18. The van der Waals surface area contributed by atoms with Gasteiger partial charge in [-0.05, 0) is 60.6 Å². The lowest BCUT2D eigenvalue weighted by molar-refractivity contribution is -0.00296. The molecule has 0 aromatic heterocycles. The van der Waals surface area contributed by atoms with Crippen LogP contribution in [0, 0.1) is 20.8 Å². The van der Waals surface area contributed by atoms with Crippen LogP contribution in [0.5, 0.6) is 0 Å². The molecule has 0 N–H and O–H groups in total. The molecule has 0 amide bonds. The molecule has 0 heterocycles. The number of aryl methyl sites for hydroxylation is 1. The van der Waals surface area contributed by atoms with E-state index >= 15 is 0 Å². The Morgan fingerprint density at radius 2 is 1.55 bits per heavy atom. The zero-order chi connectivity index (χ0) is 16.5. The third-order valence-corrected chi connectivity index (χ3v) is 4.35. The van der Waals surface area contributed by atoms with Crippen molar-refractivity contribution < 1.29 is 4.79 Å². The van der Waals surface area contributed by atoms with Crippen LogP contribution in [0.15, 0.2) is 36.4 Å². The van der Waals surface area contributed by atoms with Gasteiger partial charge in [-0.3, -0.25) is 0 Å². The zero-order valence-electron chi connectivity index (χ0n) is 14.4. The van der Waals surface area contributed by atoms with Crippen molar-refractivity contribution in [3.05, 3.63) is 75.3 Å². The van der Waals surface area contributed by atoms with Gasteiger partial charge in [-0.2, -0.15) is 4.79 Å². The average molecular weight is 292 g/mol. The molecule has 0 aliphatic carbocycles. The number of rotatable bonds is 2. The summed E-state index contributed by atoms with van der Waals surface area (Å²) in [6.07, 6.45) is 0. The van der Waals surface area contributed by atoms with Gasteiger partial charge in [0.2, 0.25) is 0 Å². The largest absolute Gasteiger partial charge is 0.361 e. The summed E-state index contributed by atoms with van der Waals surface area (Å²) in [4.78, 5) is 3.65. The van der Waals surface area contributed by atoms with E-state index in [-0.39, 0.29) is 5.41 Å². The molecule has 0 aliphatic rings. The first-order valence-corrected chi connectivity index (χ1v) is 7.66. The summed E-state index contributed by atoms with van der Waals surface area (Å²) in [6.45, 7) is 13.0. The van der Waals surface area contributed by atoms with Gasteiger partial charge in [-0.25, -0.2) is 0 Å². The summed E-state index contributed by atoms with van der Waals surface area (Å²) in [5.74, 6) is 0. The number of benzene rings is 2. The maximum absolute atomic E-state index is 9.70. The first kappa shape index (κ1) is 16.2. The fourth-order valence-corrected chi connectivity index (χ4v) is 2.83. The lowest BCUT2D eigenvalue weighted by Crippen LogP contribution is -2.21. The van der Waals surface area contributed by atoms with Crippen molar-refractivity contribution in [1.29, 1.82) is 0 Å². The minimum absolute atomic E-state index is 0.0245. The molecule has 0 saturated heterocycles. The van der Waals surface area contributed by atoms with Crippen LogP contribution in [-0.4, -0.2) is 10.5 Å². The van der Waals surface area contributed by atoms with E-state index in [1.165, 1.54) is 22.3 Å². The summed E-state index contributed by atoms with van der Waals surface area (Å²) < 4.78 is 0. The third kappa shape index (κ3) is 2.88. The topological polar surface area (TPSA) is 36.4 Å². The Labute approximate surface area is 133 Å². The minimum atomic E-state index is -0.0245. The Morgan fingerprint density at radius 3 is 2.05 bits per heavy atom. The number of nitrogens with zero attached hydrogens (tertiary/aromatic N) is 2. The minimum Gasteiger partial charge on any atom is -0.361 e. The Kier molecular flexibility index (Phi) is 4.35. The van der Waals surface area contributed by atoms with Gasteiger partial charge < -0.3 is 5.53 Å². The van der Waals surface area contributed by atoms with E-state index < -0.39 is 0 Å². The van der Waals surface area contributed by atoms with Crippen LogP contribution in [0.4, 0.5) is 0 Å². The molecular weight excluding hydrogens is 268 g/mol. The molecular formula is C20H24N2. The van der Waals surface area contributed by atoms with Crippen molar-refractivity contribution in [1.82, 2.24) is 0 Å². The van der Waals surface area contributed by atoms with Crippen LogP contribution in [0.2, 0.25) is 0 Å². The lowest BCUT2D eigenvalue weighted by Gasteiger charge is -2.25. The Balaban J connectivity index is 2.84. The maximum Gasteiger partial charge on any atom is 0.330 e. The average Bonchev–Trinajstić information content (AvgIpc) is 2.47. The van der Waals surface area contributed by atoms with Crippen LogP contribution in [0.3, 0.4) is 0 Å². The van der Waals surface area contributed by atoms with Crippen LogP contribution in [0.25, 0.3) is 5.53 Å². The van der Waals surface area contributed by atoms with Crippen molar-refractivity contribution in [2.45, 2.75) is 47.0 Å². The Morgan fingerprint density at radius 1 is 0.955 bits per heavy atom. The first-order valence-electron chi connectivity index (χ1n) is 7.66. The van der Waals surface area contributed by atoms with Crippen molar-refractivity contribution in [3.63, 3.8) is 0 Å². The van der Waals surface area contributed by atoms with Crippen molar-refractivity contribution in [2.24, 2.45) is 0 Å². The molecule has 2 nitrogen and oxygen atoms in total. The van der Waals surface area contributed by atoms with Crippen LogP contribution >= 0.6 is 0 Å². The summed E-state index contributed by atoms with van der Waals surface area (Å²) >= 11 is 0. The molecule has 0 saturated carbocycles. The molecule has 2 aromatic carbocycles. The molecule has 2 aromatic rings. The van der Waals surface area contributed by atoms with Crippen molar-refractivity contribution >= 4 is 5.71 Å². The lowest BCUT2D eigenvalue weighted by atomic mass is 9.77. The molecule has 2 heteroatoms. The summed E-state index contributed by atoms with van der Waals surface area (Å²) in [5, 5.41) is 0. The van der Waals surface area contributed by atoms with Gasteiger partial charge in [0.1, 0.15) is 0 Å². The highest BCUT2D eigenvalue weighted by molar-refractivity contribution is 6.11. The second-order valence-corrected chi connectivity index (χ2v) is 6.93. The highest BCUT2D eigenvalue weighted by Gasteiger charge is 2.28. The van der Waals surface area contributed by atoms with Crippen molar-refractivity contribution in [2.75, 3.05) is 0 Å². The quantitative estimate of drug-likeness (QED) is 0.425. The van der Waals surface area contributed by atoms with Crippen molar-refractivity contribution in [3.8, 4) is 0 Å². The maximum atomic E-state index is 9.70. The van der Waals surface area contributed by atoms with E-state index in [0.29, 0.717) is 5.71 Å². The van der Waals surface area contributed by atoms with Gasteiger partial charge in [0.15, 0.2) is 0 Å². The smallest absolute Gasteiger partial charge is 0.330 e. The van der Waals surface area contributed by atoms with Crippen LogP contribution < -0.4 is 0 Å². The predicted molar refractivity (Wildman–Crippen MR) is 92.6 cm³/mol. The zero-order valence-corrected chi connectivity index (χ0v) is 14.4. The highest BCUT2D eigenvalue weighted by Crippen LogP contribution is 2.32. The van der Waals surface area contributed by atoms with E-state index in [2.05, 4.69) is 52.4 Å². The van der Waals surface area contributed by atoms with Crippen LogP contribution in [0.1, 0.15) is 54.2 Å². The second kappa shape index (κ2) is 5.90. The summed E-state index contributed by atoms with van der Waals surface area (Å²) in [7, 11) is 0. The van der Waals surface area contributed by atoms with Gasteiger partial charge in [-0.1, -0.05) is 45.0 Å². The van der Waals surface area contributed by atoms with Gasteiger partial charge >= 0.3 is 5.71 Å². The molecule has 22 heavy (non-hydrogen) atoms. The van der Waals surface area contributed by atoms with E-state index in [1.807, 2.05) is 30.3 Å². The molecule has 0 fully saturated rings. The SMILES string of the molecule is Cc1cc(C(C)(C)C)c(C(=[N+]=[N-])c2ccccc2)c(C)c1C. The molecule has 114 valence electrons. The first-order chi connectivity index (χ1) is 10.3. The third-order valence-electron chi connectivity index (χ3n) is 4.35. The van der Waals surface area contributed by atoms with Crippen LogP contribution in [-0.2, 0) is 5.41 Å². The van der Waals surface area contributed by atoms with E-state index in [4.69, 9.17) is 0 Å². The number of hydrogen-bond donors (Lipinski definition) is 0. The number of hydrogen-bond acceptors (Lipinski definition) is 0.